The number of carbonyl (C=O) groups excluding carboxylic acids is 2. The SMILES string of the molecule is CN1CCN(C(=O)c2ccc(NC(=O)C3CC3)cc2N2CCCCCC2)C(c2ccsc2)C1. The van der Waals surface area contributed by atoms with Crippen LogP contribution < -0.4 is 10.2 Å². The molecule has 1 unspecified atom stereocenters. The number of amides is 2. The number of nitrogens with zero attached hydrogens (tertiary/aromatic N) is 3. The van der Waals surface area contributed by atoms with Crippen LogP contribution in [0.5, 0.6) is 0 Å². The Morgan fingerprint density at radius 3 is 2.48 bits per heavy atom. The molecule has 0 radical (unpaired) electrons. The Bertz CT molecular complexity index is 980. The molecular formula is C26H34N4O2S. The van der Waals surface area contributed by atoms with Crippen molar-refractivity contribution in [1.82, 2.24) is 9.80 Å². The average Bonchev–Trinajstić information content (AvgIpc) is 3.59. The van der Waals surface area contributed by atoms with Gasteiger partial charge >= 0.3 is 0 Å². The quantitative estimate of drug-likeness (QED) is 0.699. The molecule has 2 aromatic rings. The van der Waals surface area contributed by atoms with Crippen molar-refractivity contribution in [3.8, 4) is 0 Å². The summed E-state index contributed by atoms with van der Waals surface area (Å²) in [6, 6.07) is 8.09. The van der Waals surface area contributed by atoms with Crippen LogP contribution in [0, 0.1) is 5.92 Å². The van der Waals surface area contributed by atoms with E-state index in [1.54, 1.807) is 11.3 Å². The van der Waals surface area contributed by atoms with E-state index >= 15 is 0 Å². The van der Waals surface area contributed by atoms with Gasteiger partial charge in [0.15, 0.2) is 0 Å². The van der Waals surface area contributed by atoms with Crippen LogP contribution in [-0.2, 0) is 4.79 Å². The van der Waals surface area contributed by atoms with Crippen LogP contribution in [0.4, 0.5) is 11.4 Å². The number of hydrogen-bond acceptors (Lipinski definition) is 5. The topological polar surface area (TPSA) is 55.9 Å². The minimum absolute atomic E-state index is 0.0636. The van der Waals surface area contributed by atoms with Gasteiger partial charge in [0.1, 0.15) is 0 Å². The molecule has 1 saturated carbocycles. The first-order valence-electron chi connectivity index (χ1n) is 12.3. The number of hydrogen-bond donors (Lipinski definition) is 1. The van der Waals surface area contributed by atoms with E-state index in [2.05, 4.69) is 43.9 Å². The van der Waals surface area contributed by atoms with Crippen molar-refractivity contribution in [2.75, 3.05) is 50.0 Å². The van der Waals surface area contributed by atoms with Crippen molar-refractivity contribution in [1.29, 1.82) is 0 Å². The number of nitrogens with one attached hydrogen (secondary N) is 1. The van der Waals surface area contributed by atoms with Crippen LogP contribution in [0.2, 0.25) is 0 Å². The molecular weight excluding hydrogens is 432 g/mol. The highest BCUT2D eigenvalue weighted by Gasteiger charge is 2.33. The predicted molar refractivity (Wildman–Crippen MR) is 134 cm³/mol. The molecule has 6 nitrogen and oxygen atoms in total. The number of likely N-dealkylation sites (N-methyl/N-ethyl adjacent to an activating group) is 1. The average molecular weight is 467 g/mol. The van der Waals surface area contributed by atoms with Gasteiger partial charge in [-0.1, -0.05) is 12.8 Å². The molecule has 1 atom stereocenters. The lowest BCUT2D eigenvalue weighted by Gasteiger charge is -2.40. The summed E-state index contributed by atoms with van der Waals surface area (Å²) in [5.41, 5.74) is 3.74. The molecule has 1 aromatic heterocycles. The molecule has 2 amide bonds. The molecule has 7 heteroatoms. The molecule has 3 heterocycles. The fraction of sp³-hybridized carbons (Fsp3) is 0.538. The first kappa shape index (κ1) is 22.4. The van der Waals surface area contributed by atoms with Gasteiger partial charge in [-0.05, 0) is 73.3 Å². The first-order valence-corrected chi connectivity index (χ1v) is 13.3. The molecule has 5 rings (SSSR count). The van der Waals surface area contributed by atoms with E-state index < -0.39 is 0 Å². The number of benzene rings is 1. The van der Waals surface area contributed by atoms with E-state index in [-0.39, 0.29) is 23.8 Å². The second-order valence-electron chi connectivity index (χ2n) is 9.73. The fourth-order valence-corrected chi connectivity index (χ4v) is 5.73. The molecule has 1 N–H and O–H groups in total. The van der Waals surface area contributed by atoms with Crippen molar-refractivity contribution in [2.24, 2.45) is 5.92 Å². The summed E-state index contributed by atoms with van der Waals surface area (Å²) >= 11 is 1.68. The minimum atomic E-state index is 0.0636. The van der Waals surface area contributed by atoms with Crippen molar-refractivity contribution in [3.63, 3.8) is 0 Å². The molecule has 3 aliphatic rings. The fourth-order valence-electron chi connectivity index (χ4n) is 5.02. The lowest BCUT2D eigenvalue weighted by molar-refractivity contribution is -0.117. The van der Waals surface area contributed by atoms with Crippen LogP contribution in [0.3, 0.4) is 0 Å². The van der Waals surface area contributed by atoms with Crippen LogP contribution in [0.1, 0.15) is 60.5 Å². The van der Waals surface area contributed by atoms with Gasteiger partial charge in [0.2, 0.25) is 5.91 Å². The summed E-state index contributed by atoms with van der Waals surface area (Å²) in [6.45, 7) is 4.35. The maximum absolute atomic E-state index is 14.0. The lowest BCUT2D eigenvalue weighted by Crippen LogP contribution is -2.49. The summed E-state index contributed by atoms with van der Waals surface area (Å²) in [4.78, 5) is 33.1. The standard InChI is InChI=1S/C26H34N4O2S/c1-28-13-14-30(24(17-28)20-10-15-33-18-20)26(32)22-9-8-21(27-25(31)19-6-7-19)16-23(22)29-11-4-2-3-5-12-29/h8-10,15-16,18-19,24H,2-7,11-14,17H2,1H3,(H,27,31). The van der Waals surface area contributed by atoms with E-state index in [1.165, 1.54) is 18.4 Å². The van der Waals surface area contributed by atoms with Crippen molar-refractivity contribution in [3.05, 3.63) is 46.2 Å². The van der Waals surface area contributed by atoms with Gasteiger partial charge in [0.25, 0.3) is 5.91 Å². The Hall–Kier alpha value is -2.38. The van der Waals surface area contributed by atoms with E-state index in [1.807, 2.05) is 18.2 Å². The Morgan fingerprint density at radius 2 is 1.79 bits per heavy atom. The maximum atomic E-state index is 14.0. The molecule has 0 bridgehead atoms. The smallest absolute Gasteiger partial charge is 0.256 e. The zero-order valence-corrected chi connectivity index (χ0v) is 20.3. The summed E-state index contributed by atoms with van der Waals surface area (Å²) in [7, 11) is 2.13. The van der Waals surface area contributed by atoms with Gasteiger partial charge < -0.3 is 20.0 Å². The first-order chi connectivity index (χ1) is 16.1. The van der Waals surface area contributed by atoms with Gasteiger partial charge in [0.05, 0.1) is 17.3 Å². The number of carbonyl (C=O) groups is 2. The van der Waals surface area contributed by atoms with Crippen molar-refractivity contribution in [2.45, 2.75) is 44.6 Å². The highest BCUT2D eigenvalue weighted by molar-refractivity contribution is 7.08. The molecule has 3 fully saturated rings. The van der Waals surface area contributed by atoms with E-state index in [9.17, 15) is 9.59 Å². The highest BCUT2D eigenvalue weighted by atomic mass is 32.1. The third-order valence-electron chi connectivity index (χ3n) is 7.16. The summed E-state index contributed by atoms with van der Waals surface area (Å²) in [6.07, 6.45) is 6.70. The predicted octanol–water partition coefficient (Wildman–Crippen LogP) is 4.61. The van der Waals surface area contributed by atoms with Gasteiger partial charge in [0, 0.05) is 44.3 Å². The number of anilines is 2. The van der Waals surface area contributed by atoms with Gasteiger partial charge in [-0.15, -0.1) is 0 Å². The molecule has 176 valence electrons. The van der Waals surface area contributed by atoms with Crippen LogP contribution in [0.15, 0.2) is 35.0 Å². The van der Waals surface area contributed by atoms with Crippen molar-refractivity contribution >= 4 is 34.5 Å². The number of piperazine rings is 1. The van der Waals surface area contributed by atoms with Gasteiger partial charge in [-0.3, -0.25) is 9.59 Å². The highest BCUT2D eigenvalue weighted by Crippen LogP contribution is 2.34. The normalized spacial score (nSPS) is 22.2. The van der Waals surface area contributed by atoms with E-state index in [4.69, 9.17) is 0 Å². The van der Waals surface area contributed by atoms with E-state index in [0.29, 0.717) is 0 Å². The largest absolute Gasteiger partial charge is 0.371 e. The monoisotopic (exact) mass is 466 g/mol. The summed E-state index contributed by atoms with van der Waals surface area (Å²) < 4.78 is 0. The lowest BCUT2D eigenvalue weighted by atomic mass is 10.0. The number of thiophene rings is 1. The van der Waals surface area contributed by atoms with Crippen LogP contribution >= 0.6 is 11.3 Å². The Balaban J connectivity index is 1.47. The summed E-state index contributed by atoms with van der Waals surface area (Å²) in [5, 5.41) is 7.34. The van der Waals surface area contributed by atoms with Crippen LogP contribution in [0.25, 0.3) is 0 Å². The molecule has 2 aliphatic heterocycles. The zero-order valence-electron chi connectivity index (χ0n) is 19.5. The number of rotatable bonds is 5. The molecule has 0 spiro atoms. The van der Waals surface area contributed by atoms with Gasteiger partial charge in [-0.2, -0.15) is 11.3 Å². The second-order valence-corrected chi connectivity index (χ2v) is 10.5. The second kappa shape index (κ2) is 9.85. The molecule has 2 saturated heterocycles. The van der Waals surface area contributed by atoms with Crippen molar-refractivity contribution < 1.29 is 9.59 Å². The van der Waals surface area contributed by atoms with Crippen LogP contribution in [-0.4, -0.2) is 61.4 Å². The van der Waals surface area contributed by atoms with E-state index in [0.717, 1.165) is 75.3 Å². The van der Waals surface area contributed by atoms with Gasteiger partial charge in [-0.25, -0.2) is 0 Å². The summed E-state index contributed by atoms with van der Waals surface area (Å²) in [5.74, 6) is 0.357. The molecule has 1 aliphatic carbocycles. The minimum Gasteiger partial charge on any atom is -0.371 e. The Labute approximate surface area is 200 Å². The third kappa shape index (κ3) is 5.09. The molecule has 33 heavy (non-hydrogen) atoms. The Morgan fingerprint density at radius 1 is 1.00 bits per heavy atom. The maximum Gasteiger partial charge on any atom is 0.256 e. The third-order valence-corrected chi connectivity index (χ3v) is 7.86. The Kier molecular flexibility index (Phi) is 6.69. The molecule has 1 aromatic carbocycles. The zero-order chi connectivity index (χ0) is 22.8.